The fourth-order valence-corrected chi connectivity index (χ4v) is 1.36. The Hall–Kier alpha value is -1.02. The molecule has 16 heavy (non-hydrogen) atoms. The second-order valence-electron chi connectivity index (χ2n) is 5.52. The van der Waals surface area contributed by atoms with E-state index in [1.807, 2.05) is 31.2 Å². The van der Waals surface area contributed by atoms with E-state index in [1.54, 1.807) is 0 Å². The van der Waals surface area contributed by atoms with Crippen molar-refractivity contribution in [2.24, 2.45) is 11.1 Å². The monoisotopic (exact) mass is 221 g/mol. The molecule has 0 bridgehead atoms. The van der Waals surface area contributed by atoms with Crippen LogP contribution in [0.15, 0.2) is 24.3 Å². The van der Waals surface area contributed by atoms with Crippen LogP contribution in [0.3, 0.4) is 0 Å². The third kappa shape index (κ3) is 4.67. The van der Waals surface area contributed by atoms with Crippen molar-refractivity contribution < 1.29 is 4.74 Å². The number of hydrogen-bond donors (Lipinski definition) is 1. The molecule has 0 aliphatic carbocycles. The summed E-state index contributed by atoms with van der Waals surface area (Å²) in [5.74, 6) is 0.916. The van der Waals surface area contributed by atoms with Crippen LogP contribution in [-0.4, -0.2) is 6.61 Å². The summed E-state index contributed by atoms with van der Waals surface area (Å²) >= 11 is 0. The van der Waals surface area contributed by atoms with E-state index in [0.717, 1.165) is 24.3 Å². The van der Waals surface area contributed by atoms with Crippen molar-refractivity contribution in [3.63, 3.8) is 0 Å². The minimum Gasteiger partial charge on any atom is -0.494 e. The molecule has 1 atom stereocenters. The van der Waals surface area contributed by atoms with Gasteiger partial charge in [0, 0.05) is 6.04 Å². The molecule has 0 radical (unpaired) electrons. The highest BCUT2D eigenvalue weighted by atomic mass is 16.5. The van der Waals surface area contributed by atoms with Crippen molar-refractivity contribution in [2.75, 3.05) is 6.61 Å². The summed E-state index contributed by atoms with van der Waals surface area (Å²) in [4.78, 5) is 0. The van der Waals surface area contributed by atoms with E-state index in [1.165, 1.54) is 0 Å². The fraction of sp³-hybridized carbons (Fsp3) is 0.571. The molecule has 90 valence electrons. The lowest BCUT2D eigenvalue weighted by molar-refractivity contribution is 0.243. The molecule has 0 unspecified atom stereocenters. The van der Waals surface area contributed by atoms with Crippen molar-refractivity contribution in [3.8, 4) is 5.75 Å². The van der Waals surface area contributed by atoms with E-state index < -0.39 is 0 Å². The average molecular weight is 221 g/mol. The van der Waals surface area contributed by atoms with E-state index in [2.05, 4.69) is 20.8 Å². The molecular weight excluding hydrogens is 198 g/mol. The minimum absolute atomic E-state index is 0.0613. The molecule has 1 rings (SSSR count). The Balaban J connectivity index is 2.51. The predicted octanol–water partition coefficient (Wildman–Crippen LogP) is 3.52. The Morgan fingerprint density at radius 2 is 2.00 bits per heavy atom. The molecular formula is C14H23NO. The van der Waals surface area contributed by atoms with Crippen LogP contribution in [0.2, 0.25) is 0 Å². The van der Waals surface area contributed by atoms with Crippen LogP contribution in [0.4, 0.5) is 0 Å². The molecule has 0 aliphatic rings. The normalized spacial score (nSPS) is 13.6. The first-order valence-corrected chi connectivity index (χ1v) is 5.87. The molecule has 1 aromatic carbocycles. The molecule has 0 spiro atoms. The first-order chi connectivity index (χ1) is 7.38. The minimum atomic E-state index is 0.0613. The lowest BCUT2D eigenvalue weighted by atomic mass is 9.93. The number of nitrogens with two attached hydrogens (primary N) is 1. The summed E-state index contributed by atoms with van der Waals surface area (Å²) in [6.07, 6.45) is 1.05. The van der Waals surface area contributed by atoms with E-state index in [-0.39, 0.29) is 6.04 Å². The fourth-order valence-electron chi connectivity index (χ4n) is 1.36. The smallest absolute Gasteiger partial charge is 0.119 e. The SMILES string of the molecule is C[C@H](N)c1cccc(OCCC(C)(C)C)c1. The van der Waals surface area contributed by atoms with Crippen molar-refractivity contribution in [1.29, 1.82) is 0 Å². The number of hydrogen-bond acceptors (Lipinski definition) is 2. The standard InChI is InChI=1S/C14H23NO/c1-11(15)12-6-5-7-13(10-12)16-9-8-14(2,3)4/h5-7,10-11H,8-9,15H2,1-4H3/t11-/m0/s1. The Morgan fingerprint density at radius 1 is 1.31 bits per heavy atom. The number of rotatable bonds is 4. The Bertz CT molecular complexity index is 326. The van der Waals surface area contributed by atoms with Gasteiger partial charge in [-0.25, -0.2) is 0 Å². The van der Waals surface area contributed by atoms with Gasteiger partial charge in [0.05, 0.1) is 6.61 Å². The summed E-state index contributed by atoms with van der Waals surface area (Å²) in [6.45, 7) is 9.39. The van der Waals surface area contributed by atoms with Gasteiger partial charge in [0.2, 0.25) is 0 Å². The van der Waals surface area contributed by atoms with Gasteiger partial charge in [-0.3, -0.25) is 0 Å². The maximum atomic E-state index is 5.82. The molecule has 0 fully saturated rings. The number of benzene rings is 1. The first-order valence-electron chi connectivity index (χ1n) is 5.87. The third-order valence-electron chi connectivity index (χ3n) is 2.50. The van der Waals surface area contributed by atoms with Crippen LogP contribution in [0, 0.1) is 5.41 Å². The lowest BCUT2D eigenvalue weighted by Gasteiger charge is -2.18. The summed E-state index contributed by atoms with van der Waals surface area (Å²) in [6, 6.07) is 8.08. The Labute approximate surface area is 98.8 Å². The van der Waals surface area contributed by atoms with Gasteiger partial charge < -0.3 is 10.5 Å². The molecule has 0 heterocycles. The number of ether oxygens (including phenoxy) is 1. The zero-order valence-electron chi connectivity index (χ0n) is 10.8. The summed E-state index contributed by atoms with van der Waals surface area (Å²) in [5.41, 5.74) is 7.26. The Morgan fingerprint density at radius 3 is 2.56 bits per heavy atom. The summed E-state index contributed by atoms with van der Waals surface area (Å²) in [7, 11) is 0. The molecule has 2 heteroatoms. The maximum Gasteiger partial charge on any atom is 0.119 e. The summed E-state index contributed by atoms with van der Waals surface area (Å²) in [5, 5.41) is 0. The van der Waals surface area contributed by atoms with Gasteiger partial charge in [-0.15, -0.1) is 0 Å². The lowest BCUT2D eigenvalue weighted by Crippen LogP contribution is -2.11. The van der Waals surface area contributed by atoms with Crippen LogP contribution in [0.25, 0.3) is 0 Å². The van der Waals surface area contributed by atoms with E-state index >= 15 is 0 Å². The van der Waals surface area contributed by atoms with Crippen molar-refractivity contribution >= 4 is 0 Å². The van der Waals surface area contributed by atoms with Crippen LogP contribution < -0.4 is 10.5 Å². The van der Waals surface area contributed by atoms with Gasteiger partial charge in [-0.1, -0.05) is 32.9 Å². The van der Waals surface area contributed by atoms with Gasteiger partial charge in [0.15, 0.2) is 0 Å². The average Bonchev–Trinajstić information content (AvgIpc) is 2.16. The van der Waals surface area contributed by atoms with E-state index in [4.69, 9.17) is 10.5 Å². The molecule has 0 amide bonds. The highest BCUT2D eigenvalue weighted by molar-refractivity contribution is 5.30. The molecule has 2 nitrogen and oxygen atoms in total. The van der Waals surface area contributed by atoms with Crippen molar-refractivity contribution in [1.82, 2.24) is 0 Å². The highest BCUT2D eigenvalue weighted by Gasteiger charge is 2.10. The van der Waals surface area contributed by atoms with E-state index in [9.17, 15) is 0 Å². The zero-order valence-corrected chi connectivity index (χ0v) is 10.8. The third-order valence-corrected chi connectivity index (χ3v) is 2.50. The second-order valence-corrected chi connectivity index (χ2v) is 5.52. The molecule has 0 aliphatic heterocycles. The largest absolute Gasteiger partial charge is 0.494 e. The maximum absolute atomic E-state index is 5.82. The van der Waals surface area contributed by atoms with Crippen molar-refractivity contribution in [3.05, 3.63) is 29.8 Å². The highest BCUT2D eigenvalue weighted by Crippen LogP contribution is 2.21. The van der Waals surface area contributed by atoms with Crippen LogP contribution in [-0.2, 0) is 0 Å². The van der Waals surface area contributed by atoms with E-state index in [0.29, 0.717) is 5.41 Å². The van der Waals surface area contributed by atoms with Crippen LogP contribution >= 0.6 is 0 Å². The molecule has 0 saturated carbocycles. The van der Waals surface area contributed by atoms with Gasteiger partial charge in [-0.2, -0.15) is 0 Å². The topological polar surface area (TPSA) is 35.2 Å². The Kier molecular flexibility index (Phi) is 4.36. The molecule has 2 N–H and O–H groups in total. The zero-order chi connectivity index (χ0) is 12.2. The van der Waals surface area contributed by atoms with Gasteiger partial charge in [0.25, 0.3) is 0 Å². The van der Waals surface area contributed by atoms with Gasteiger partial charge in [0.1, 0.15) is 5.75 Å². The molecule has 0 saturated heterocycles. The summed E-state index contributed by atoms with van der Waals surface area (Å²) < 4.78 is 5.72. The van der Waals surface area contributed by atoms with Crippen LogP contribution in [0.5, 0.6) is 5.75 Å². The molecule has 0 aromatic heterocycles. The molecule has 1 aromatic rings. The second kappa shape index (κ2) is 5.35. The van der Waals surface area contributed by atoms with Gasteiger partial charge >= 0.3 is 0 Å². The first kappa shape index (κ1) is 13.0. The predicted molar refractivity (Wildman–Crippen MR) is 68.6 cm³/mol. The quantitative estimate of drug-likeness (QED) is 0.844. The van der Waals surface area contributed by atoms with Crippen LogP contribution in [0.1, 0.15) is 45.7 Å². The van der Waals surface area contributed by atoms with Crippen molar-refractivity contribution in [2.45, 2.75) is 40.2 Å². The van der Waals surface area contributed by atoms with Gasteiger partial charge in [-0.05, 0) is 36.5 Å².